The van der Waals surface area contributed by atoms with E-state index in [9.17, 15) is 0 Å². The first-order valence-electron chi connectivity index (χ1n) is 9.26. The summed E-state index contributed by atoms with van der Waals surface area (Å²) in [6, 6.07) is 4.90. The fraction of sp³-hybridized carbons (Fsp3) is 0.722. The predicted octanol–water partition coefficient (Wildman–Crippen LogP) is 2.84. The SMILES string of the molecule is CCNC(=NCC1CCN(C)C1)NC1CCN(c2cccs2)CC1.I. The Morgan fingerprint density at radius 1 is 1.28 bits per heavy atom. The Morgan fingerprint density at radius 2 is 2.08 bits per heavy atom. The number of guanidine groups is 1. The lowest BCUT2D eigenvalue weighted by molar-refractivity contribution is 0.397. The minimum atomic E-state index is 0. The van der Waals surface area contributed by atoms with Crippen molar-refractivity contribution in [3.63, 3.8) is 0 Å². The van der Waals surface area contributed by atoms with Gasteiger partial charge in [-0.3, -0.25) is 4.99 Å². The average molecular weight is 477 g/mol. The zero-order valence-corrected chi connectivity index (χ0v) is 18.6. The van der Waals surface area contributed by atoms with Crippen LogP contribution in [0.25, 0.3) is 0 Å². The van der Waals surface area contributed by atoms with Crippen LogP contribution in [0.15, 0.2) is 22.5 Å². The normalized spacial score (nSPS) is 22.7. The first kappa shape index (κ1) is 20.8. The lowest BCUT2D eigenvalue weighted by Gasteiger charge is -2.33. The molecule has 25 heavy (non-hydrogen) atoms. The third-order valence-electron chi connectivity index (χ3n) is 4.99. The lowest BCUT2D eigenvalue weighted by atomic mass is 10.1. The Bertz CT molecular complexity index is 514. The second-order valence-corrected chi connectivity index (χ2v) is 7.92. The molecule has 0 saturated carbocycles. The number of thiophene rings is 1. The van der Waals surface area contributed by atoms with Crippen molar-refractivity contribution in [3.8, 4) is 0 Å². The number of anilines is 1. The van der Waals surface area contributed by atoms with Gasteiger partial charge in [-0.2, -0.15) is 0 Å². The van der Waals surface area contributed by atoms with E-state index >= 15 is 0 Å². The third-order valence-corrected chi connectivity index (χ3v) is 5.92. The molecule has 2 fully saturated rings. The second kappa shape index (κ2) is 10.6. The highest BCUT2D eigenvalue weighted by Crippen LogP contribution is 2.24. The highest BCUT2D eigenvalue weighted by Gasteiger charge is 2.22. The Balaban J connectivity index is 0.00000225. The minimum Gasteiger partial charge on any atom is -0.363 e. The number of hydrogen-bond acceptors (Lipinski definition) is 4. The number of nitrogens with zero attached hydrogens (tertiary/aromatic N) is 3. The molecule has 1 aromatic heterocycles. The molecule has 3 rings (SSSR count). The summed E-state index contributed by atoms with van der Waals surface area (Å²) in [5.41, 5.74) is 0. The van der Waals surface area contributed by atoms with Crippen LogP contribution < -0.4 is 15.5 Å². The van der Waals surface area contributed by atoms with E-state index in [1.54, 1.807) is 0 Å². The zero-order valence-electron chi connectivity index (χ0n) is 15.4. The van der Waals surface area contributed by atoms with E-state index in [4.69, 9.17) is 4.99 Å². The fourth-order valence-corrected chi connectivity index (χ4v) is 4.39. The number of rotatable bonds is 5. The summed E-state index contributed by atoms with van der Waals surface area (Å²) in [7, 11) is 2.20. The Hall–Kier alpha value is -0.540. The molecular formula is C18H32IN5S. The number of nitrogens with one attached hydrogen (secondary N) is 2. The lowest BCUT2D eigenvalue weighted by Crippen LogP contribution is -2.48. The first-order chi connectivity index (χ1) is 11.7. The highest BCUT2D eigenvalue weighted by molar-refractivity contribution is 14.0. The van der Waals surface area contributed by atoms with Gasteiger partial charge in [0.05, 0.1) is 5.00 Å². The summed E-state index contributed by atoms with van der Waals surface area (Å²) in [6.07, 6.45) is 3.63. The average Bonchev–Trinajstić information content (AvgIpc) is 3.25. The summed E-state index contributed by atoms with van der Waals surface area (Å²) in [4.78, 5) is 9.75. The van der Waals surface area contributed by atoms with Crippen LogP contribution in [0.3, 0.4) is 0 Å². The zero-order chi connectivity index (χ0) is 16.8. The van der Waals surface area contributed by atoms with Crippen molar-refractivity contribution in [2.24, 2.45) is 10.9 Å². The van der Waals surface area contributed by atoms with Crippen LogP contribution in [0, 0.1) is 5.92 Å². The molecule has 2 aliphatic rings. The molecule has 7 heteroatoms. The van der Waals surface area contributed by atoms with Crippen molar-refractivity contribution in [2.45, 2.75) is 32.2 Å². The van der Waals surface area contributed by atoms with Crippen LogP contribution in [-0.4, -0.2) is 63.2 Å². The van der Waals surface area contributed by atoms with E-state index in [1.807, 2.05) is 11.3 Å². The van der Waals surface area contributed by atoms with Gasteiger partial charge in [-0.25, -0.2) is 0 Å². The van der Waals surface area contributed by atoms with Crippen LogP contribution in [0.1, 0.15) is 26.2 Å². The molecule has 0 amide bonds. The van der Waals surface area contributed by atoms with E-state index in [2.05, 4.69) is 51.9 Å². The fourth-order valence-electron chi connectivity index (χ4n) is 3.60. The quantitative estimate of drug-likeness (QED) is 0.389. The van der Waals surface area contributed by atoms with Gasteiger partial charge in [0.15, 0.2) is 5.96 Å². The Morgan fingerprint density at radius 3 is 2.68 bits per heavy atom. The largest absolute Gasteiger partial charge is 0.363 e. The molecule has 2 N–H and O–H groups in total. The maximum Gasteiger partial charge on any atom is 0.191 e. The maximum absolute atomic E-state index is 4.85. The summed E-state index contributed by atoms with van der Waals surface area (Å²) < 4.78 is 0. The number of aliphatic imine (C=N–C) groups is 1. The van der Waals surface area contributed by atoms with Gasteiger partial charge in [0.25, 0.3) is 0 Å². The topological polar surface area (TPSA) is 42.9 Å². The van der Waals surface area contributed by atoms with Crippen molar-refractivity contribution < 1.29 is 0 Å². The van der Waals surface area contributed by atoms with Crippen LogP contribution in [-0.2, 0) is 0 Å². The smallest absolute Gasteiger partial charge is 0.191 e. The summed E-state index contributed by atoms with van der Waals surface area (Å²) in [5.74, 6) is 1.72. The summed E-state index contributed by atoms with van der Waals surface area (Å²) >= 11 is 1.84. The van der Waals surface area contributed by atoms with E-state index in [1.165, 1.54) is 37.4 Å². The van der Waals surface area contributed by atoms with Crippen molar-refractivity contribution in [1.82, 2.24) is 15.5 Å². The third kappa shape index (κ3) is 6.29. The number of piperidine rings is 1. The van der Waals surface area contributed by atoms with Gasteiger partial charge in [-0.15, -0.1) is 35.3 Å². The number of likely N-dealkylation sites (tertiary alicyclic amines) is 1. The van der Waals surface area contributed by atoms with Crippen LogP contribution in [0.2, 0.25) is 0 Å². The predicted molar refractivity (Wildman–Crippen MR) is 120 cm³/mol. The number of halogens is 1. The van der Waals surface area contributed by atoms with Gasteiger partial charge in [0.1, 0.15) is 0 Å². The van der Waals surface area contributed by atoms with E-state index in [-0.39, 0.29) is 24.0 Å². The molecule has 1 aromatic rings. The first-order valence-corrected chi connectivity index (χ1v) is 10.1. The molecule has 2 saturated heterocycles. The van der Waals surface area contributed by atoms with Crippen LogP contribution in [0.5, 0.6) is 0 Å². The van der Waals surface area contributed by atoms with Crippen molar-refractivity contribution in [1.29, 1.82) is 0 Å². The molecule has 0 spiro atoms. The van der Waals surface area contributed by atoms with E-state index in [0.717, 1.165) is 32.1 Å². The van der Waals surface area contributed by atoms with Crippen molar-refractivity contribution in [3.05, 3.63) is 17.5 Å². The molecule has 0 aromatic carbocycles. The Labute approximate surface area is 173 Å². The maximum atomic E-state index is 4.85. The standard InChI is InChI=1S/C18H31N5S.HI/c1-3-19-18(20-13-15-6-9-22(2)14-15)21-16-7-10-23(11-8-16)17-5-4-12-24-17;/h4-5,12,15-16H,3,6-11,13-14H2,1-2H3,(H2,19,20,21);1H. The molecule has 1 atom stereocenters. The number of hydrogen-bond donors (Lipinski definition) is 2. The van der Waals surface area contributed by atoms with Gasteiger partial charge in [0.2, 0.25) is 0 Å². The van der Waals surface area contributed by atoms with E-state index in [0.29, 0.717) is 12.0 Å². The van der Waals surface area contributed by atoms with Crippen molar-refractivity contribution in [2.75, 3.05) is 51.2 Å². The highest BCUT2D eigenvalue weighted by atomic mass is 127. The molecule has 5 nitrogen and oxygen atoms in total. The van der Waals surface area contributed by atoms with Crippen LogP contribution >= 0.6 is 35.3 Å². The van der Waals surface area contributed by atoms with Gasteiger partial charge in [0, 0.05) is 38.8 Å². The molecule has 0 aliphatic carbocycles. The molecule has 1 unspecified atom stereocenters. The molecular weight excluding hydrogens is 445 g/mol. The van der Waals surface area contributed by atoms with Gasteiger partial charge >= 0.3 is 0 Å². The van der Waals surface area contributed by atoms with Crippen molar-refractivity contribution >= 4 is 46.3 Å². The minimum absolute atomic E-state index is 0. The molecule has 0 bridgehead atoms. The molecule has 0 radical (unpaired) electrons. The summed E-state index contributed by atoms with van der Waals surface area (Å²) in [6.45, 7) is 8.65. The summed E-state index contributed by atoms with van der Waals surface area (Å²) in [5, 5.41) is 10.6. The molecule has 3 heterocycles. The van der Waals surface area contributed by atoms with Gasteiger partial charge in [-0.05, 0) is 63.2 Å². The molecule has 142 valence electrons. The van der Waals surface area contributed by atoms with E-state index < -0.39 is 0 Å². The second-order valence-electron chi connectivity index (χ2n) is 6.99. The van der Waals surface area contributed by atoms with Gasteiger partial charge < -0.3 is 20.4 Å². The monoisotopic (exact) mass is 477 g/mol. The Kier molecular flexibility index (Phi) is 8.78. The van der Waals surface area contributed by atoms with Gasteiger partial charge in [-0.1, -0.05) is 0 Å². The van der Waals surface area contributed by atoms with Crippen LogP contribution in [0.4, 0.5) is 5.00 Å². The molecule has 2 aliphatic heterocycles.